The SMILES string of the molecule is Cc1noc(C)c1CC(=O)N1CCN(c2ccc(C3CC3)nn2)CC1. The van der Waals surface area contributed by atoms with Crippen LogP contribution in [0.3, 0.4) is 0 Å². The number of aromatic nitrogens is 3. The fraction of sp³-hybridized carbons (Fsp3) is 0.556. The molecule has 1 saturated heterocycles. The van der Waals surface area contributed by atoms with E-state index in [9.17, 15) is 4.79 Å². The first-order chi connectivity index (χ1) is 12.1. The zero-order chi connectivity index (χ0) is 17.4. The van der Waals surface area contributed by atoms with E-state index in [0.29, 0.717) is 25.4 Å². The lowest BCUT2D eigenvalue weighted by Crippen LogP contribution is -2.49. The van der Waals surface area contributed by atoms with Crippen LogP contribution in [0.1, 0.15) is 41.5 Å². The van der Waals surface area contributed by atoms with E-state index >= 15 is 0 Å². The maximum Gasteiger partial charge on any atom is 0.227 e. The van der Waals surface area contributed by atoms with Crippen LogP contribution in [0.5, 0.6) is 0 Å². The first-order valence-electron chi connectivity index (χ1n) is 8.90. The topological polar surface area (TPSA) is 75.4 Å². The third kappa shape index (κ3) is 3.36. The van der Waals surface area contributed by atoms with Gasteiger partial charge in [0.15, 0.2) is 5.82 Å². The van der Waals surface area contributed by atoms with E-state index in [1.54, 1.807) is 0 Å². The Labute approximate surface area is 147 Å². The van der Waals surface area contributed by atoms with Crippen molar-refractivity contribution in [2.75, 3.05) is 31.1 Å². The fourth-order valence-electron chi connectivity index (χ4n) is 3.30. The van der Waals surface area contributed by atoms with Crippen LogP contribution in [0.4, 0.5) is 5.82 Å². The summed E-state index contributed by atoms with van der Waals surface area (Å²) in [4.78, 5) is 16.7. The molecule has 2 aromatic rings. The van der Waals surface area contributed by atoms with Crippen LogP contribution >= 0.6 is 0 Å². The minimum atomic E-state index is 0.129. The highest BCUT2D eigenvalue weighted by Crippen LogP contribution is 2.38. The largest absolute Gasteiger partial charge is 0.361 e. The Hall–Kier alpha value is -2.44. The molecule has 4 rings (SSSR count). The molecule has 1 aliphatic heterocycles. The number of rotatable bonds is 4. The van der Waals surface area contributed by atoms with E-state index < -0.39 is 0 Å². The van der Waals surface area contributed by atoms with Crippen molar-refractivity contribution >= 4 is 11.7 Å². The summed E-state index contributed by atoms with van der Waals surface area (Å²) in [5, 5.41) is 12.6. The minimum absolute atomic E-state index is 0.129. The summed E-state index contributed by atoms with van der Waals surface area (Å²) < 4.78 is 5.15. The van der Waals surface area contributed by atoms with Gasteiger partial charge >= 0.3 is 0 Å². The number of carbonyl (C=O) groups is 1. The molecule has 1 saturated carbocycles. The molecule has 132 valence electrons. The van der Waals surface area contributed by atoms with Crippen molar-refractivity contribution in [3.8, 4) is 0 Å². The predicted octanol–water partition coefficient (Wildman–Crippen LogP) is 1.85. The third-order valence-corrected chi connectivity index (χ3v) is 5.13. The van der Waals surface area contributed by atoms with E-state index in [1.807, 2.05) is 18.7 Å². The molecular formula is C18H23N5O2. The molecular weight excluding hydrogens is 318 g/mol. The Morgan fingerprint density at radius 3 is 2.48 bits per heavy atom. The van der Waals surface area contributed by atoms with Crippen LogP contribution in [0, 0.1) is 13.8 Å². The minimum Gasteiger partial charge on any atom is -0.361 e. The summed E-state index contributed by atoms with van der Waals surface area (Å²) in [6.07, 6.45) is 2.83. The van der Waals surface area contributed by atoms with Gasteiger partial charge in [0.25, 0.3) is 0 Å². The predicted molar refractivity (Wildman–Crippen MR) is 92.5 cm³/mol. The van der Waals surface area contributed by atoms with Crippen molar-refractivity contribution in [3.05, 3.63) is 34.8 Å². The zero-order valence-corrected chi connectivity index (χ0v) is 14.7. The van der Waals surface area contributed by atoms with E-state index in [1.165, 1.54) is 12.8 Å². The van der Waals surface area contributed by atoms with Gasteiger partial charge in [-0.2, -0.15) is 5.10 Å². The average molecular weight is 341 g/mol. The molecule has 25 heavy (non-hydrogen) atoms. The van der Waals surface area contributed by atoms with Gasteiger partial charge in [-0.15, -0.1) is 5.10 Å². The van der Waals surface area contributed by atoms with Crippen LogP contribution in [0.2, 0.25) is 0 Å². The van der Waals surface area contributed by atoms with E-state index in [2.05, 4.69) is 32.4 Å². The van der Waals surface area contributed by atoms with Gasteiger partial charge in [-0.3, -0.25) is 4.79 Å². The van der Waals surface area contributed by atoms with Crippen molar-refractivity contribution in [3.63, 3.8) is 0 Å². The summed E-state index contributed by atoms with van der Waals surface area (Å²) in [5.74, 6) is 2.39. The Balaban J connectivity index is 1.33. The summed E-state index contributed by atoms with van der Waals surface area (Å²) in [5.41, 5.74) is 2.82. The smallest absolute Gasteiger partial charge is 0.227 e. The Morgan fingerprint density at radius 1 is 1.16 bits per heavy atom. The molecule has 2 aromatic heterocycles. The van der Waals surface area contributed by atoms with Crippen molar-refractivity contribution in [1.29, 1.82) is 0 Å². The number of aryl methyl sites for hydroxylation is 2. The molecule has 0 spiro atoms. The van der Waals surface area contributed by atoms with Gasteiger partial charge < -0.3 is 14.3 Å². The normalized spacial score (nSPS) is 17.8. The number of piperazine rings is 1. The second-order valence-electron chi connectivity index (χ2n) is 6.94. The van der Waals surface area contributed by atoms with Gasteiger partial charge in [-0.05, 0) is 38.8 Å². The number of anilines is 1. The molecule has 0 radical (unpaired) electrons. The first kappa shape index (κ1) is 16.1. The third-order valence-electron chi connectivity index (χ3n) is 5.13. The lowest BCUT2D eigenvalue weighted by molar-refractivity contribution is -0.130. The van der Waals surface area contributed by atoms with Crippen LogP contribution in [-0.2, 0) is 11.2 Å². The fourth-order valence-corrected chi connectivity index (χ4v) is 3.30. The molecule has 0 bridgehead atoms. The van der Waals surface area contributed by atoms with E-state index in [0.717, 1.165) is 41.6 Å². The number of hydrogen-bond acceptors (Lipinski definition) is 6. The highest BCUT2D eigenvalue weighted by Gasteiger charge is 2.27. The Bertz CT molecular complexity index is 739. The van der Waals surface area contributed by atoms with Crippen molar-refractivity contribution in [1.82, 2.24) is 20.3 Å². The van der Waals surface area contributed by atoms with Crippen molar-refractivity contribution in [2.45, 2.75) is 39.0 Å². The molecule has 7 heteroatoms. The second-order valence-corrected chi connectivity index (χ2v) is 6.94. The summed E-state index contributed by atoms with van der Waals surface area (Å²) in [6, 6.07) is 4.15. The van der Waals surface area contributed by atoms with Crippen LogP contribution in [0.25, 0.3) is 0 Å². The number of carbonyl (C=O) groups excluding carboxylic acids is 1. The quantitative estimate of drug-likeness (QED) is 0.845. The van der Waals surface area contributed by atoms with Crippen molar-refractivity contribution < 1.29 is 9.32 Å². The van der Waals surface area contributed by atoms with Gasteiger partial charge in [0.2, 0.25) is 5.91 Å². The Kier molecular flexibility index (Phi) is 4.15. The van der Waals surface area contributed by atoms with Gasteiger partial charge in [0.05, 0.1) is 17.8 Å². The van der Waals surface area contributed by atoms with Crippen molar-refractivity contribution in [2.24, 2.45) is 0 Å². The molecule has 2 aliphatic rings. The van der Waals surface area contributed by atoms with Gasteiger partial charge in [0.1, 0.15) is 5.76 Å². The van der Waals surface area contributed by atoms with Crippen LogP contribution in [-0.4, -0.2) is 52.3 Å². The van der Waals surface area contributed by atoms with Gasteiger partial charge in [-0.1, -0.05) is 5.16 Å². The molecule has 1 amide bonds. The standard InChI is InChI=1S/C18H23N5O2/c1-12-15(13(2)25-21-12)11-18(24)23-9-7-22(8-10-23)17-6-5-16(19-20-17)14-3-4-14/h5-6,14H,3-4,7-11H2,1-2H3. The lowest BCUT2D eigenvalue weighted by Gasteiger charge is -2.35. The molecule has 0 N–H and O–H groups in total. The number of hydrogen-bond donors (Lipinski definition) is 0. The van der Waals surface area contributed by atoms with Gasteiger partial charge in [-0.25, -0.2) is 0 Å². The maximum atomic E-state index is 12.5. The van der Waals surface area contributed by atoms with Crippen LogP contribution < -0.4 is 4.90 Å². The van der Waals surface area contributed by atoms with E-state index in [4.69, 9.17) is 4.52 Å². The number of amides is 1. The molecule has 7 nitrogen and oxygen atoms in total. The summed E-state index contributed by atoms with van der Waals surface area (Å²) >= 11 is 0. The van der Waals surface area contributed by atoms with E-state index in [-0.39, 0.29) is 5.91 Å². The molecule has 0 unspecified atom stereocenters. The molecule has 2 fully saturated rings. The lowest BCUT2D eigenvalue weighted by atomic mass is 10.1. The molecule has 3 heterocycles. The highest BCUT2D eigenvalue weighted by molar-refractivity contribution is 5.79. The maximum absolute atomic E-state index is 12.5. The zero-order valence-electron chi connectivity index (χ0n) is 14.7. The van der Waals surface area contributed by atoms with Crippen LogP contribution in [0.15, 0.2) is 16.7 Å². The monoisotopic (exact) mass is 341 g/mol. The molecule has 0 aromatic carbocycles. The number of nitrogens with zero attached hydrogens (tertiary/aromatic N) is 5. The highest BCUT2D eigenvalue weighted by atomic mass is 16.5. The summed E-state index contributed by atoms with van der Waals surface area (Å²) in [6.45, 7) is 6.70. The average Bonchev–Trinajstić information content (AvgIpc) is 3.44. The molecule has 1 aliphatic carbocycles. The Morgan fingerprint density at radius 2 is 1.92 bits per heavy atom. The molecule has 0 atom stereocenters. The first-order valence-corrected chi connectivity index (χ1v) is 8.90. The second kappa shape index (κ2) is 6.46. The van der Waals surface area contributed by atoms with Gasteiger partial charge in [0, 0.05) is 37.7 Å². The summed E-state index contributed by atoms with van der Waals surface area (Å²) in [7, 11) is 0.